The van der Waals surface area contributed by atoms with E-state index in [1.54, 1.807) is 0 Å². The number of aliphatic hydroxyl groups is 2. The van der Waals surface area contributed by atoms with Crippen molar-refractivity contribution in [3.05, 3.63) is 12.2 Å². The summed E-state index contributed by atoms with van der Waals surface area (Å²) in [6.07, 6.45) is 38.9. The van der Waals surface area contributed by atoms with E-state index in [1.165, 1.54) is 135 Å². The van der Waals surface area contributed by atoms with Crippen LogP contribution in [-0.2, 0) is 32.7 Å². The van der Waals surface area contributed by atoms with Crippen molar-refractivity contribution in [2.24, 2.45) is 0 Å². The number of unbranched alkanes of at least 4 members (excludes halogenated alkanes) is 27. The number of aliphatic hydroxyl groups excluding tert-OH is 2. The summed E-state index contributed by atoms with van der Waals surface area (Å²) in [5, 5.41) is 18.3. The van der Waals surface area contributed by atoms with Crippen LogP contribution in [0, 0.1) is 0 Å². The van der Waals surface area contributed by atoms with Gasteiger partial charge in [-0.15, -0.1) is 0 Å². The summed E-state index contributed by atoms with van der Waals surface area (Å²) in [5.74, 6) is -0.931. The molecule has 0 aromatic carbocycles. The second-order valence-electron chi connectivity index (χ2n) is 15.4. The number of hydrogen-bond acceptors (Lipinski definition) is 9. The van der Waals surface area contributed by atoms with Crippen LogP contribution < -0.4 is 0 Å². The lowest BCUT2D eigenvalue weighted by Gasteiger charge is -2.20. The van der Waals surface area contributed by atoms with Gasteiger partial charge in [-0.05, 0) is 38.5 Å². The molecule has 0 radical (unpaired) electrons. The molecule has 0 fully saturated rings. The van der Waals surface area contributed by atoms with Crippen LogP contribution in [0.15, 0.2) is 12.2 Å². The molecule has 0 saturated carbocycles. The van der Waals surface area contributed by atoms with Gasteiger partial charge in [-0.25, -0.2) is 4.57 Å². The third-order valence-corrected chi connectivity index (χ3v) is 10.9. The highest BCUT2D eigenvalue weighted by Gasteiger charge is 2.27. The number of rotatable bonds is 43. The Morgan fingerprint density at radius 3 is 1.33 bits per heavy atom. The number of allylic oxidation sites excluding steroid dienone is 2. The number of phosphoric acid groups is 1. The molecule has 0 aliphatic carbocycles. The van der Waals surface area contributed by atoms with Gasteiger partial charge >= 0.3 is 19.8 Å². The summed E-state index contributed by atoms with van der Waals surface area (Å²) in [5.41, 5.74) is 0. The zero-order chi connectivity index (χ0) is 40.5. The summed E-state index contributed by atoms with van der Waals surface area (Å²) in [7, 11) is -4.62. The summed E-state index contributed by atoms with van der Waals surface area (Å²) in [6, 6.07) is 0. The van der Waals surface area contributed by atoms with Gasteiger partial charge in [0, 0.05) is 12.8 Å². The third-order valence-electron chi connectivity index (χ3n) is 9.92. The first-order valence-electron chi connectivity index (χ1n) is 22.6. The first-order valence-corrected chi connectivity index (χ1v) is 24.1. The summed E-state index contributed by atoms with van der Waals surface area (Å²) >= 11 is 0. The predicted molar refractivity (Wildman–Crippen MR) is 224 cm³/mol. The van der Waals surface area contributed by atoms with Crippen LogP contribution >= 0.6 is 7.82 Å². The van der Waals surface area contributed by atoms with Crippen molar-refractivity contribution in [3.63, 3.8) is 0 Å². The van der Waals surface area contributed by atoms with Crippen molar-refractivity contribution in [2.45, 2.75) is 232 Å². The van der Waals surface area contributed by atoms with E-state index in [4.69, 9.17) is 23.6 Å². The monoisotopic (exact) mass is 805 g/mol. The van der Waals surface area contributed by atoms with Crippen molar-refractivity contribution < 1.29 is 47.8 Å². The predicted octanol–water partition coefficient (Wildman–Crippen LogP) is 12.0. The molecule has 11 heteroatoms. The van der Waals surface area contributed by atoms with E-state index in [2.05, 4.69) is 26.0 Å². The first-order chi connectivity index (χ1) is 26.7. The van der Waals surface area contributed by atoms with Crippen molar-refractivity contribution in [1.29, 1.82) is 0 Å². The Balaban J connectivity index is 4.25. The molecule has 0 aliphatic rings. The zero-order valence-electron chi connectivity index (χ0n) is 35.4. The third kappa shape index (κ3) is 40.7. The quantitative estimate of drug-likeness (QED) is 0.0235. The average molecular weight is 805 g/mol. The van der Waals surface area contributed by atoms with E-state index < -0.39 is 51.8 Å². The molecule has 0 bridgehead atoms. The van der Waals surface area contributed by atoms with Gasteiger partial charge in [0.25, 0.3) is 0 Å². The van der Waals surface area contributed by atoms with Crippen LogP contribution in [0.5, 0.6) is 0 Å². The smallest absolute Gasteiger partial charge is 0.462 e. The molecule has 10 nitrogen and oxygen atoms in total. The second kappa shape index (κ2) is 40.9. The van der Waals surface area contributed by atoms with E-state index in [-0.39, 0.29) is 19.4 Å². The highest BCUT2D eigenvalue weighted by atomic mass is 31.2. The minimum Gasteiger partial charge on any atom is -0.462 e. The largest absolute Gasteiger partial charge is 0.472 e. The van der Waals surface area contributed by atoms with E-state index >= 15 is 0 Å². The van der Waals surface area contributed by atoms with Crippen LogP contribution in [-0.4, -0.2) is 65.7 Å². The van der Waals surface area contributed by atoms with Crippen molar-refractivity contribution in [1.82, 2.24) is 0 Å². The van der Waals surface area contributed by atoms with Gasteiger partial charge in [-0.1, -0.05) is 180 Å². The highest BCUT2D eigenvalue weighted by molar-refractivity contribution is 7.47. The van der Waals surface area contributed by atoms with Gasteiger partial charge in [0.05, 0.1) is 19.8 Å². The first kappa shape index (κ1) is 53.7. The number of carbonyl (C=O) groups is 2. The summed E-state index contributed by atoms with van der Waals surface area (Å²) in [4.78, 5) is 35.0. The SMILES string of the molecule is CCCCCCCCCC/C=C/CCCCCC(=O)O[C@H](COC(=O)CCCCCCCCCCCCCCCCCCC)COP(=O)(O)OC[C@@H](O)CO. The standard InChI is InChI=1S/C44H85O10P/c1-3-5-7-9-11-13-15-17-19-20-22-23-25-27-29-31-33-35-43(47)51-39-42(40-53-55(49,50)52-38-41(46)37-45)54-44(48)36-34-32-30-28-26-24-21-18-16-14-12-10-8-6-4-2/h24,26,41-42,45-46H,3-23,25,27-40H2,1-2H3,(H,49,50)/b26-24+/t41-,42+/m0/s1. The molecule has 55 heavy (non-hydrogen) atoms. The van der Waals surface area contributed by atoms with Crippen LogP contribution in [0.1, 0.15) is 219 Å². The molecule has 3 atom stereocenters. The normalized spacial score (nSPS) is 13.9. The van der Waals surface area contributed by atoms with Gasteiger partial charge in [0.1, 0.15) is 12.7 Å². The molecule has 0 aromatic heterocycles. The lowest BCUT2D eigenvalue weighted by atomic mass is 10.0. The van der Waals surface area contributed by atoms with Crippen molar-refractivity contribution in [2.75, 3.05) is 26.4 Å². The minimum atomic E-state index is -4.62. The molecular weight excluding hydrogens is 719 g/mol. The maximum absolute atomic E-state index is 12.6. The van der Waals surface area contributed by atoms with Gasteiger partial charge in [0.15, 0.2) is 6.10 Å². The zero-order valence-corrected chi connectivity index (χ0v) is 36.3. The fourth-order valence-corrected chi connectivity index (χ4v) is 7.19. The maximum Gasteiger partial charge on any atom is 0.472 e. The van der Waals surface area contributed by atoms with E-state index in [0.29, 0.717) is 12.8 Å². The van der Waals surface area contributed by atoms with Crippen LogP contribution in [0.4, 0.5) is 0 Å². The fraction of sp³-hybridized carbons (Fsp3) is 0.909. The van der Waals surface area contributed by atoms with Gasteiger partial charge in [-0.3, -0.25) is 18.6 Å². The molecule has 0 amide bonds. The Kier molecular flexibility index (Phi) is 39.9. The number of ether oxygens (including phenoxy) is 2. The summed E-state index contributed by atoms with van der Waals surface area (Å²) < 4.78 is 32.7. The van der Waals surface area contributed by atoms with Gasteiger partial charge in [-0.2, -0.15) is 0 Å². The van der Waals surface area contributed by atoms with Gasteiger partial charge < -0.3 is 24.6 Å². The number of esters is 2. The second-order valence-corrected chi connectivity index (χ2v) is 16.9. The molecule has 326 valence electrons. The highest BCUT2D eigenvalue weighted by Crippen LogP contribution is 2.43. The maximum atomic E-state index is 12.6. The number of carbonyl (C=O) groups excluding carboxylic acids is 2. The van der Waals surface area contributed by atoms with E-state index in [0.717, 1.165) is 44.9 Å². The lowest BCUT2D eigenvalue weighted by Crippen LogP contribution is -2.29. The summed E-state index contributed by atoms with van der Waals surface area (Å²) in [6.45, 7) is 2.39. The molecule has 0 aromatic rings. The molecule has 0 heterocycles. The fourth-order valence-electron chi connectivity index (χ4n) is 6.40. The minimum absolute atomic E-state index is 0.168. The molecule has 0 aliphatic heterocycles. The van der Waals surface area contributed by atoms with Crippen LogP contribution in [0.3, 0.4) is 0 Å². The molecule has 0 rings (SSSR count). The van der Waals surface area contributed by atoms with Crippen LogP contribution in [0.25, 0.3) is 0 Å². The number of hydrogen-bond donors (Lipinski definition) is 3. The van der Waals surface area contributed by atoms with E-state index in [9.17, 15) is 24.2 Å². The Hall–Kier alpha value is -1.29. The average Bonchev–Trinajstić information content (AvgIpc) is 3.17. The Bertz CT molecular complexity index is 930. The number of phosphoric ester groups is 1. The Morgan fingerprint density at radius 1 is 0.527 bits per heavy atom. The van der Waals surface area contributed by atoms with Crippen molar-refractivity contribution in [3.8, 4) is 0 Å². The van der Waals surface area contributed by atoms with Gasteiger partial charge in [0.2, 0.25) is 0 Å². The van der Waals surface area contributed by atoms with E-state index in [1.807, 2.05) is 0 Å². The molecule has 3 N–H and O–H groups in total. The topological polar surface area (TPSA) is 149 Å². The van der Waals surface area contributed by atoms with Crippen molar-refractivity contribution >= 4 is 19.8 Å². The lowest BCUT2D eigenvalue weighted by molar-refractivity contribution is -0.161. The Morgan fingerprint density at radius 2 is 0.891 bits per heavy atom. The Labute approximate surface area is 336 Å². The van der Waals surface area contributed by atoms with Crippen LogP contribution in [0.2, 0.25) is 0 Å². The molecule has 1 unspecified atom stereocenters. The molecule has 0 saturated heterocycles. The molecule has 0 spiro atoms. The molecular formula is C44H85O10P.